The van der Waals surface area contributed by atoms with Crippen molar-refractivity contribution in [1.29, 1.82) is 0 Å². The number of halogens is 2. The van der Waals surface area contributed by atoms with E-state index in [0.717, 1.165) is 51.0 Å². The number of unbranched alkanes of at least 4 members (excludes halogenated alkanes) is 1. The highest BCUT2D eigenvalue weighted by Gasteiger charge is 2.23. The van der Waals surface area contributed by atoms with Crippen LogP contribution in [-0.2, 0) is 14.3 Å². The molecule has 3 rings (SSSR count). The van der Waals surface area contributed by atoms with Crippen molar-refractivity contribution < 1.29 is 14.3 Å². The lowest BCUT2D eigenvalue weighted by atomic mass is 10.1. The number of carbonyl (C=O) groups is 2. The predicted molar refractivity (Wildman–Crippen MR) is 129 cm³/mol. The van der Waals surface area contributed by atoms with Gasteiger partial charge in [-0.15, -0.1) is 0 Å². The molecule has 32 heavy (non-hydrogen) atoms. The van der Waals surface area contributed by atoms with Gasteiger partial charge in [0.1, 0.15) is 0 Å². The largest absolute Gasteiger partial charge is 0.380 e. The van der Waals surface area contributed by atoms with E-state index in [1.165, 1.54) is 12.5 Å². The second-order valence-electron chi connectivity index (χ2n) is 8.47. The predicted octanol–water partition coefficient (Wildman–Crippen LogP) is 3.96. The first-order valence-electron chi connectivity index (χ1n) is 11.4. The number of amides is 2. The number of likely N-dealkylation sites (tertiary alicyclic amines) is 1. The summed E-state index contributed by atoms with van der Waals surface area (Å²) in [5.74, 6) is 0.0368. The van der Waals surface area contributed by atoms with Gasteiger partial charge in [-0.2, -0.15) is 0 Å². The molecular formula is C24H33Cl2N3O3. The zero-order chi connectivity index (χ0) is 22.9. The molecule has 0 spiro atoms. The minimum atomic E-state index is -0.0940. The van der Waals surface area contributed by atoms with Crippen molar-refractivity contribution in [3.8, 4) is 0 Å². The smallest absolute Gasteiger partial charge is 0.246 e. The maximum absolute atomic E-state index is 12.6. The summed E-state index contributed by atoms with van der Waals surface area (Å²) in [6.45, 7) is 5.53. The fourth-order valence-corrected chi connectivity index (χ4v) is 4.57. The molecule has 2 saturated heterocycles. The molecule has 1 unspecified atom stereocenters. The quantitative estimate of drug-likeness (QED) is 0.416. The Balaban J connectivity index is 1.41. The third-order valence-electron chi connectivity index (χ3n) is 6.21. The van der Waals surface area contributed by atoms with Crippen molar-refractivity contribution in [2.75, 3.05) is 52.9 Å². The average molecular weight is 482 g/mol. The average Bonchev–Trinajstić information content (AvgIpc) is 2.99. The SMILES string of the molecule is COC1CCCN(CCCCN2CCN(C(=O)C=Cc3ccc(Cl)c(Cl)c3)CCC2=O)C1. The van der Waals surface area contributed by atoms with Crippen molar-refractivity contribution in [3.05, 3.63) is 39.9 Å². The second kappa shape index (κ2) is 12.6. The molecule has 2 aliphatic heterocycles. The minimum absolute atomic E-state index is 0.0940. The van der Waals surface area contributed by atoms with Gasteiger partial charge < -0.3 is 19.4 Å². The molecule has 2 amide bonds. The first-order chi connectivity index (χ1) is 15.5. The van der Waals surface area contributed by atoms with Crippen LogP contribution in [-0.4, -0.2) is 85.5 Å². The summed E-state index contributed by atoms with van der Waals surface area (Å²) in [4.78, 5) is 31.2. The Labute approximate surface area is 201 Å². The van der Waals surface area contributed by atoms with Gasteiger partial charge in [0.2, 0.25) is 11.8 Å². The molecule has 0 N–H and O–H groups in total. The van der Waals surface area contributed by atoms with E-state index >= 15 is 0 Å². The first kappa shape index (κ1) is 25.0. The Bertz CT molecular complexity index is 818. The number of hydrogen-bond donors (Lipinski definition) is 0. The van der Waals surface area contributed by atoms with E-state index in [1.54, 1.807) is 30.2 Å². The van der Waals surface area contributed by atoms with Gasteiger partial charge in [-0.1, -0.05) is 29.3 Å². The van der Waals surface area contributed by atoms with Crippen LogP contribution in [0, 0.1) is 0 Å². The van der Waals surface area contributed by atoms with Gasteiger partial charge in [0.25, 0.3) is 0 Å². The van der Waals surface area contributed by atoms with Crippen LogP contribution >= 0.6 is 23.2 Å². The van der Waals surface area contributed by atoms with Gasteiger partial charge in [-0.3, -0.25) is 9.59 Å². The van der Waals surface area contributed by atoms with Crippen molar-refractivity contribution in [2.45, 2.75) is 38.2 Å². The molecule has 1 atom stereocenters. The maximum atomic E-state index is 12.6. The summed E-state index contributed by atoms with van der Waals surface area (Å²) in [6, 6.07) is 5.24. The summed E-state index contributed by atoms with van der Waals surface area (Å²) < 4.78 is 5.49. The van der Waals surface area contributed by atoms with Gasteiger partial charge in [0, 0.05) is 52.3 Å². The molecule has 2 fully saturated rings. The molecular weight excluding hydrogens is 449 g/mol. The van der Waals surface area contributed by atoms with Gasteiger partial charge in [-0.25, -0.2) is 0 Å². The summed E-state index contributed by atoms with van der Waals surface area (Å²) in [5, 5.41) is 0.937. The van der Waals surface area contributed by atoms with Crippen molar-refractivity contribution in [1.82, 2.24) is 14.7 Å². The minimum Gasteiger partial charge on any atom is -0.380 e. The fraction of sp³-hybridized carbons (Fsp3) is 0.583. The van der Waals surface area contributed by atoms with E-state index in [2.05, 4.69) is 4.90 Å². The highest BCUT2D eigenvalue weighted by atomic mass is 35.5. The number of piperidine rings is 1. The third kappa shape index (κ3) is 7.48. The lowest BCUT2D eigenvalue weighted by molar-refractivity contribution is -0.130. The van der Waals surface area contributed by atoms with Crippen LogP contribution in [0.25, 0.3) is 6.08 Å². The lowest BCUT2D eigenvalue weighted by Crippen LogP contribution is -2.40. The number of rotatable bonds is 8. The molecule has 0 saturated carbocycles. The van der Waals surface area contributed by atoms with Crippen molar-refractivity contribution in [2.24, 2.45) is 0 Å². The molecule has 6 nitrogen and oxygen atoms in total. The van der Waals surface area contributed by atoms with Crippen LogP contribution in [0.4, 0.5) is 0 Å². The van der Waals surface area contributed by atoms with Crippen LogP contribution in [0.3, 0.4) is 0 Å². The van der Waals surface area contributed by atoms with Gasteiger partial charge in [0.05, 0.1) is 16.1 Å². The van der Waals surface area contributed by atoms with E-state index in [-0.39, 0.29) is 11.8 Å². The van der Waals surface area contributed by atoms with Crippen LogP contribution in [0.15, 0.2) is 24.3 Å². The zero-order valence-corrected chi connectivity index (χ0v) is 20.3. The summed E-state index contributed by atoms with van der Waals surface area (Å²) in [5.41, 5.74) is 0.811. The maximum Gasteiger partial charge on any atom is 0.246 e. The zero-order valence-electron chi connectivity index (χ0n) is 18.8. The molecule has 0 bridgehead atoms. The molecule has 1 aromatic rings. The number of hydrogen-bond acceptors (Lipinski definition) is 4. The highest BCUT2D eigenvalue weighted by molar-refractivity contribution is 6.42. The van der Waals surface area contributed by atoms with Gasteiger partial charge >= 0.3 is 0 Å². The molecule has 0 aliphatic carbocycles. The number of benzene rings is 1. The van der Waals surface area contributed by atoms with Crippen LogP contribution < -0.4 is 0 Å². The number of carbonyl (C=O) groups excluding carboxylic acids is 2. The molecule has 176 valence electrons. The Hall–Kier alpha value is -1.60. The highest BCUT2D eigenvalue weighted by Crippen LogP contribution is 2.23. The molecule has 0 aromatic heterocycles. The number of methoxy groups -OCH3 is 1. The van der Waals surface area contributed by atoms with Crippen LogP contribution in [0.1, 0.15) is 37.7 Å². The van der Waals surface area contributed by atoms with E-state index in [1.807, 2.05) is 11.0 Å². The second-order valence-corrected chi connectivity index (χ2v) is 9.29. The first-order valence-corrected chi connectivity index (χ1v) is 12.2. The molecule has 2 heterocycles. The lowest BCUT2D eigenvalue weighted by Gasteiger charge is -2.32. The molecule has 2 aliphatic rings. The fourth-order valence-electron chi connectivity index (χ4n) is 4.26. The summed E-state index contributed by atoms with van der Waals surface area (Å²) in [6.07, 6.45) is 8.36. The Morgan fingerprint density at radius 3 is 2.72 bits per heavy atom. The normalized spacial score (nSPS) is 20.7. The third-order valence-corrected chi connectivity index (χ3v) is 6.95. The van der Waals surface area contributed by atoms with E-state index in [4.69, 9.17) is 27.9 Å². The van der Waals surface area contributed by atoms with Crippen molar-refractivity contribution >= 4 is 41.1 Å². The molecule has 1 aromatic carbocycles. The summed E-state index contributed by atoms with van der Waals surface area (Å²) >= 11 is 12.0. The number of ether oxygens (including phenoxy) is 1. The van der Waals surface area contributed by atoms with Gasteiger partial charge in [0.15, 0.2) is 0 Å². The van der Waals surface area contributed by atoms with E-state index in [0.29, 0.717) is 42.2 Å². The van der Waals surface area contributed by atoms with Gasteiger partial charge in [-0.05, 0) is 62.5 Å². The van der Waals surface area contributed by atoms with Crippen LogP contribution in [0.2, 0.25) is 10.0 Å². The van der Waals surface area contributed by atoms with Crippen molar-refractivity contribution in [3.63, 3.8) is 0 Å². The monoisotopic (exact) mass is 481 g/mol. The summed E-state index contributed by atoms with van der Waals surface area (Å²) in [7, 11) is 1.79. The molecule has 8 heteroatoms. The standard InChI is InChI=1S/C24H33Cl2N3O3/c1-32-20-5-4-12-27(18-20)11-2-3-13-28-15-16-29(14-10-24(28)31)23(30)9-7-19-6-8-21(25)22(26)17-19/h6-9,17,20H,2-5,10-16,18H2,1H3. The number of nitrogens with zero attached hydrogens (tertiary/aromatic N) is 3. The molecule has 0 radical (unpaired) electrons. The topological polar surface area (TPSA) is 53.1 Å². The Kier molecular flexibility index (Phi) is 9.85. The van der Waals surface area contributed by atoms with E-state index < -0.39 is 0 Å². The Morgan fingerprint density at radius 1 is 1.12 bits per heavy atom. The Morgan fingerprint density at radius 2 is 1.94 bits per heavy atom. The van der Waals surface area contributed by atoms with Crippen LogP contribution in [0.5, 0.6) is 0 Å². The van der Waals surface area contributed by atoms with E-state index in [9.17, 15) is 9.59 Å².